The molecule has 0 radical (unpaired) electrons. The van der Waals surface area contributed by atoms with Gasteiger partial charge in [0.1, 0.15) is 5.75 Å². The van der Waals surface area contributed by atoms with Crippen molar-refractivity contribution >= 4 is 40.7 Å². The molecular weight excluding hydrogens is 365 g/mol. The molecule has 2 rings (SSSR count). The Kier molecular flexibility index (Phi) is 6.27. The summed E-state index contributed by atoms with van der Waals surface area (Å²) in [5, 5.41) is 12.6. The number of phenolic OH excluding ortho intramolecular Hbond substituents is 1. The summed E-state index contributed by atoms with van der Waals surface area (Å²) in [4.78, 5) is 23.8. The van der Waals surface area contributed by atoms with Crippen LogP contribution in [0, 0.1) is 0 Å². The lowest BCUT2D eigenvalue weighted by Crippen LogP contribution is -2.37. The normalized spacial score (nSPS) is 10.0. The molecule has 0 saturated carbocycles. The van der Waals surface area contributed by atoms with E-state index in [0.717, 1.165) is 0 Å². The highest BCUT2D eigenvalue weighted by Crippen LogP contribution is 2.25. The smallest absolute Gasteiger partial charge is 0.269 e. The number of amides is 2. The molecule has 4 N–H and O–H groups in total. The fraction of sp³-hybridized carbons (Fsp3) is 0.0588. The van der Waals surface area contributed by atoms with E-state index in [-0.39, 0.29) is 18.1 Å². The van der Waals surface area contributed by atoms with E-state index in [0.29, 0.717) is 27.0 Å². The van der Waals surface area contributed by atoms with Gasteiger partial charge in [0.2, 0.25) is 5.91 Å². The van der Waals surface area contributed by atoms with Crippen molar-refractivity contribution in [2.24, 2.45) is 0 Å². The van der Waals surface area contributed by atoms with E-state index < -0.39 is 5.91 Å². The second-order valence-corrected chi connectivity index (χ2v) is 5.90. The number of anilines is 1. The molecule has 6 nitrogen and oxygen atoms in total. The van der Waals surface area contributed by atoms with Gasteiger partial charge in [-0.25, -0.2) is 0 Å². The predicted molar refractivity (Wildman–Crippen MR) is 97.6 cm³/mol. The standard InChI is InChI=1S/C17H15Cl2N3O3/c1-10(21-22-17(25)11-2-5-13(23)6-3-11)8-16(24)20-12-4-7-14(18)15(19)9-12/h2-7,9,21,23H,1,8H2,(H,20,24)(H,22,25). The van der Waals surface area contributed by atoms with E-state index in [4.69, 9.17) is 23.2 Å². The summed E-state index contributed by atoms with van der Waals surface area (Å²) in [6.07, 6.45) is -0.0594. The molecule has 0 aliphatic heterocycles. The van der Waals surface area contributed by atoms with Gasteiger partial charge in [-0.2, -0.15) is 0 Å². The molecule has 8 heteroatoms. The highest BCUT2D eigenvalue weighted by atomic mass is 35.5. The molecule has 0 spiro atoms. The molecule has 0 fully saturated rings. The number of aromatic hydroxyl groups is 1. The van der Waals surface area contributed by atoms with Crippen LogP contribution in [0.2, 0.25) is 10.0 Å². The number of phenols is 1. The van der Waals surface area contributed by atoms with Crippen molar-refractivity contribution in [1.29, 1.82) is 0 Å². The monoisotopic (exact) mass is 379 g/mol. The van der Waals surface area contributed by atoms with Gasteiger partial charge in [-0.05, 0) is 42.5 Å². The van der Waals surface area contributed by atoms with Gasteiger partial charge in [-0.3, -0.25) is 15.0 Å². The van der Waals surface area contributed by atoms with E-state index in [1.165, 1.54) is 30.3 Å². The fourth-order valence-electron chi connectivity index (χ4n) is 1.85. The molecule has 0 atom stereocenters. The van der Waals surface area contributed by atoms with E-state index in [9.17, 15) is 14.7 Å². The Morgan fingerprint density at radius 3 is 2.32 bits per heavy atom. The first-order valence-corrected chi connectivity index (χ1v) is 7.89. The van der Waals surface area contributed by atoms with Crippen molar-refractivity contribution in [3.8, 4) is 5.75 Å². The minimum atomic E-state index is -0.425. The average Bonchev–Trinajstić information content (AvgIpc) is 2.56. The van der Waals surface area contributed by atoms with Crippen LogP contribution >= 0.6 is 23.2 Å². The van der Waals surface area contributed by atoms with Gasteiger partial charge in [-0.1, -0.05) is 29.8 Å². The summed E-state index contributed by atoms with van der Waals surface area (Å²) >= 11 is 11.7. The van der Waals surface area contributed by atoms with Crippen molar-refractivity contribution in [3.63, 3.8) is 0 Å². The Morgan fingerprint density at radius 2 is 1.68 bits per heavy atom. The number of halogens is 2. The number of carbonyl (C=O) groups is 2. The Balaban J connectivity index is 1.81. The lowest BCUT2D eigenvalue weighted by atomic mass is 10.2. The van der Waals surface area contributed by atoms with Gasteiger partial charge in [0.05, 0.1) is 16.5 Å². The van der Waals surface area contributed by atoms with Gasteiger partial charge in [0.25, 0.3) is 5.91 Å². The molecule has 0 unspecified atom stereocenters. The maximum Gasteiger partial charge on any atom is 0.269 e. The average molecular weight is 380 g/mol. The Morgan fingerprint density at radius 1 is 1.00 bits per heavy atom. The van der Waals surface area contributed by atoms with Gasteiger partial charge < -0.3 is 15.8 Å². The zero-order valence-corrected chi connectivity index (χ0v) is 14.5. The number of hydrogen-bond acceptors (Lipinski definition) is 4. The summed E-state index contributed by atoms with van der Waals surface area (Å²) in [6.45, 7) is 3.67. The minimum absolute atomic E-state index is 0.0594. The number of rotatable bonds is 6. The molecule has 0 bridgehead atoms. The molecular formula is C17H15Cl2N3O3. The van der Waals surface area contributed by atoms with Gasteiger partial charge in [-0.15, -0.1) is 0 Å². The van der Waals surface area contributed by atoms with Crippen LogP contribution in [-0.2, 0) is 4.79 Å². The molecule has 25 heavy (non-hydrogen) atoms. The molecule has 0 heterocycles. The van der Waals surface area contributed by atoms with Crippen molar-refractivity contribution in [2.45, 2.75) is 6.42 Å². The third-order valence-corrected chi connectivity index (χ3v) is 3.80. The van der Waals surface area contributed by atoms with Crippen molar-refractivity contribution in [1.82, 2.24) is 10.9 Å². The fourth-order valence-corrected chi connectivity index (χ4v) is 2.15. The Labute approximate surface area is 154 Å². The SMILES string of the molecule is C=C(CC(=O)Nc1ccc(Cl)c(Cl)c1)NNC(=O)c1ccc(O)cc1. The number of nitrogens with one attached hydrogen (secondary N) is 3. The van der Waals surface area contributed by atoms with E-state index in [1.807, 2.05) is 0 Å². The lowest BCUT2D eigenvalue weighted by molar-refractivity contribution is -0.115. The van der Waals surface area contributed by atoms with Crippen molar-refractivity contribution in [3.05, 3.63) is 70.3 Å². The quantitative estimate of drug-likeness (QED) is 0.578. The second kappa shape index (κ2) is 8.41. The summed E-state index contributed by atoms with van der Waals surface area (Å²) in [6, 6.07) is 10.4. The Hall–Kier alpha value is -2.70. The molecule has 0 saturated heterocycles. The summed E-state index contributed by atoms with van der Waals surface area (Å²) in [5.41, 5.74) is 6.13. The first-order valence-electron chi connectivity index (χ1n) is 7.13. The number of hydrazine groups is 1. The van der Waals surface area contributed by atoms with Gasteiger partial charge >= 0.3 is 0 Å². The van der Waals surface area contributed by atoms with E-state index in [2.05, 4.69) is 22.7 Å². The maximum absolute atomic E-state index is 11.9. The summed E-state index contributed by atoms with van der Waals surface area (Å²) in [7, 11) is 0. The topological polar surface area (TPSA) is 90.5 Å². The third-order valence-electron chi connectivity index (χ3n) is 3.06. The Bertz CT molecular complexity index is 807. The first kappa shape index (κ1) is 18.6. The zero-order valence-electron chi connectivity index (χ0n) is 13.0. The van der Waals surface area contributed by atoms with Crippen LogP contribution in [0.3, 0.4) is 0 Å². The molecule has 0 aliphatic carbocycles. The molecule has 130 valence electrons. The van der Waals surface area contributed by atoms with Crippen LogP contribution in [0.4, 0.5) is 5.69 Å². The van der Waals surface area contributed by atoms with E-state index in [1.54, 1.807) is 12.1 Å². The minimum Gasteiger partial charge on any atom is -0.508 e. The third kappa shape index (κ3) is 5.70. The number of carbonyl (C=O) groups excluding carboxylic acids is 2. The van der Waals surface area contributed by atoms with Gasteiger partial charge in [0, 0.05) is 16.9 Å². The molecule has 2 amide bonds. The predicted octanol–water partition coefficient (Wildman–Crippen LogP) is 3.48. The highest BCUT2D eigenvalue weighted by Gasteiger charge is 2.09. The van der Waals surface area contributed by atoms with Gasteiger partial charge in [0.15, 0.2) is 0 Å². The number of benzene rings is 2. The van der Waals surface area contributed by atoms with Crippen LogP contribution in [-0.4, -0.2) is 16.9 Å². The molecule has 2 aromatic rings. The number of hydrogen-bond donors (Lipinski definition) is 4. The second-order valence-electron chi connectivity index (χ2n) is 5.08. The largest absolute Gasteiger partial charge is 0.508 e. The molecule has 0 aromatic heterocycles. The van der Waals surface area contributed by atoms with E-state index >= 15 is 0 Å². The summed E-state index contributed by atoms with van der Waals surface area (Å²) in [5.74, 6) is -0.700. The lowest BCUT2D eigenvalue weighted by Gasteiger charge is -2.11. The van der Waals surface area contributed by atoms with Crippen LogP contribution in [0.5, 0.6) is 5.75 Å². The van der Waals surface area contributed by atoms with Crippen LogP contribution in [0.15, 0.2) is 54.7 Å². The zero-order chi connectivity index (χ0) is 18.4. The van der Waals surface area contributed by atoms with Crippen molar-refractivity contribution < 1.29 is 14.7 Å². The highest BCUT2D eigenvalue weighted by molar-refractivity contribution is 6.42. The van der Waals surface area contributed by atoms with Crippen molar-refractivity contribution in [2.75, 3.05) is 5.32 Å². The summed E-state index contributed by atoms with van der Waals surface area (Å²) < 4.78 is 0. The maximum atomic E-state index is 11.9. The molecule has 2 aromatic carbocycles. The van der Waals surface area contributed by atoms with Crippen LogP contribution in [0.25, 0.3) is 0 Å². The van der Waals surface area contributed by atoms with Crippen LogP contribution < -0.4 is 16.2 Å². The first-order chi connectivity index (χ1) is 11.8. The van der Waals surface area contributed by atoms with Crippen LogP contribution in [0.1, 0.15) is 16.8 Å². The molecule has 0 aliphatic rings.